The van der Waals surface area contributed by atoms with Gasteiger partial charge in [-0.1, -0.05) is 6.07 Å². The molecule has 1 aliphatic rings. The molecule has 2 rings (SSSR count). The third kappa shape index (κ3) is 3.17. The Morgan fingerprint density at radius 3 is 2.80 bits per heavy atom. The van der Waals surface area contributed by atoms with Crippen molar-refractivity contribution in [2.24, 2.45) is 0 Å². The fraction of sp³-hybridized carbons (Fsp3) is 0.533. The zero-order valence-electron chi connectivity index (χ0n) is 12.1. The van der Waals surface area contributed by atoms with Crippen LogP contribution in [0.1, 0.15) is 47.0 Å². The first kappa shape index (κ1) is 15.0. The molecule has 1 aromatic carbocycles. The lowest BCUT2D eigenvalue weighted by Gasteiger charge is -2.20. The maximum atomic E-state index is 11.5. The number of rotatable bonds is 5. The Hall–Kier alpha value is -1.43. The minimum Gasteiger partial charge on any atom is -0.457 e. The van der Waals surface area contributed by atoms with Crippen LogP contribution in [0.5, 0.6) is 0 Å². The van der Waals surface area contributed by atoms with Crippen molar-refractivity contribution in [3.63, 3.8) is 0 Å². The quantitative estimate of drug-likeness (QED) is 0.702. The lowest BCUT2D eigenvalue weighted by Crippen LogP contribution is -2.36. The summed E-state index contributed by atoms with van der Waals surface area (Å²) in [5.41, 5.74) is 2.31. The van der Waals surface area contributed by atoms with Gasteiger partial charge < -0.3 is 20.3 Å². The number of carbonyl (C=O) groups excluding carboxylic acids is 1. The Kier molecular flexibility index (Phi) is 4.13. The first-order chi connectivity index (χ1) is 9.29. The molecule has 0 radical (unpaired) electrons. The molecule has 0 spiro atoms. The van der Waals surface area contributed by atoms with E-state index in [1.54, 1.807) is 26.0 Å². The molecule has 1 atom stereocenters. The first-order valence-electron chi connectivity index (χ1n) is 6.70. The molecule has 1 aliphatic heterocycles. The summed E-state index contributed by atoms with van der Waals surface area (Å²) >= 11 is 0. The summed E-state index contributed by atoms with van der Waals surface area (Å²) in [7, 11) is 0. The van der Waals surface area contributed by atoms with Crippen LogP contribution in [0, 0.1) is 6.92 Å². The fourth-order valence-corrected chi connectivity index (χ4v) is 2.35. The van der Waals surface area contributed by atoms with Crippen LogP contribution in [0.15, 0.2) is 12.1 Å². The number of carbonyl (C=O) groups is 1. The van der Waals surface area contributed by atoms with E-state index in [2.05, 4.69) is 5.32 Å². The number of ether oxygens (including phenoxy) is 1. The molecule has 1 heterocycles. The highest BCUT2D eigenvalue weighted by Gasteiger charge is 2.25. The topological polar surface area (TPSA) is 78.8 Å². The number of fused-ring (bicyclic) bond motifs is 1. The molecule has 0 fully saturated rings. The van der Waals surface area contributed by atoms with Crippen LogP contribution in [0.4, 0.5) is 0 Å². The molecule has 5 nitrogen and oxygen atoms in total. The lowest BCUT2D eigenvalue weighted by molar-refractivity contribution is 0.0534. The summed E-state index contributed by atoms with van der Waals surface area (Å²) in [6.45, 7) is 6.31. The van der Waals surface area contributed by atoms with Gasteiger partial charge >= 0.3 is 5.97 Å². The van der Waals surface area contributed by atoms with E-state index in [0.717, 1.165) is 16.7 Å². The summed E-state index contributed by atoms with van der Waals surface area (Å²) in [6, 6.07) is 3.46. The van der Waals surface area contributed by atoms with Gasteiger partial charge in [0, 0.05) is 18.7 Å². The van der Waals surface area contributed by atoms with Crippen molar-refractivity contribution in [2.75, 3.05) is 13.1 Å². The number of hydrogen-bond acceptors (Lipinski definition) is 5. The summed E-state index contributed by atoms with van der Waals surface area (Å²) in [5.74, 6) is -0.302. The largest absolute Gasteiger partial charge is 0.457 e. The smallest absolute Gasteiger partial charge is 0.338 e. The Labute approximate surface area is 118 Å². The number of esters is 1. The van der Waals surface area contributed by atoms with Gasteiger partial charge in [-0.3, -0.25) is 0 Å². The Bertz CT molecular complexity index is 519. The molecule has 0 bridgehead atoms. The fourth-order valence-electron chi connectivity index (χ4n) is 2.35. The van der Waals surface area contributed by atoms with Crippen LogP contribution in [0.3, 0.4) is 0 Å². The molecule has 0 aliphatic carbocycles. The minimum atomic E-state index is -0.813. The molecular formula is C15H21NO4. The monoisotopic (exact) mass is 279 g/mol. The predicted octanol–water partition coefficient (Wildman–Crippen LogP) is 1.06. The maximum Gasteiger partial charge on any atom is 0.338 e. The van der Waals surface area contributed by atoms with Gasteiger partial charge in [0.25, 0.3) is 0 Å². The van der Waals surface area contributed by atoms with Crippen LogP contribution in [-0.4, -0.2) is 34.9 Å². The van der Waals surface area contributed by atoms with Gasteiger partial charge in [-0.15, -0.1) is 0 Å². The highest BCUT2D eigenvalue weighted by Crippen LogP contribution is 2.28. The van der Waals surface area contributed by atoms with Gasteiger partial charge in [-0.25, -0.2) is 4.79 Å². The molecule has 110 valence electrons. The maximum absolute atomic E-state index is 11.5. The van der Waals surface area contributed by atoms with Gasteiger partial charge in [-0.05, 0) is 38.0 Å². The Morgan fingerprint density at radius 1 is 1.45 bits per heavy atom. The zero-order chi connectivity index (χ0) is 14.9. The third-order valence-electron chi connectivity index (χ3n) is 3.46. The van der Waals surface area contributed by atoms with E-state index in [0.29, 0.717) is 18.7 Å². The number of cyclic esters (lactones) is 1. The van der Waals surface area contributed by atoms with Crippen LogP contribution in [0.25, 0.3) is 0 Å². The van der Waals surface area contributed by atoms with Crippen molar-refractivity contribution in [2.45, 2.75) is 39.1 Å². The minimum absolute atomic E-state index is 0.275. The van der Waals surface area contributed by atoms with E-state index in [1.165, 1.54) is 0 Å². The van der Waals surface area contributed by atoms with Crippen LogP contribution in [0.2, 0.25) is 0 Å². The molecule has 1 unspecified atom stereocenters. The van der Waals surface area contributed by atoms with Gasteiger partial charge in [-0.2, -0.15) is 0 Å². The molecule has 0 aromatic heterocycles. The standard InChI is InChI=1S/C15H21NO4/c1-9-10(13(17)6-16-8-15(2,3)19)4-5-11-12(9)7-20-14(11)18/h4-5,13,16-17,19H,6-8H2,1-3H3. The van der Waals surface area contributed by atoms with E-state index >= 15 is 0 Å². The lowest BCUT2D eigenvalue weighted by atomic mass is 9.95. The van der Waals surface area contributed by atoms with Crippen molar-refractivity contribution in [3.8, 4) is 0 Å². The number of nitrogens with one attached hydrogen (secondary N) is 1. The van der Waals surface area contributed by atoms with Gasteiger partial charge in [0.15, 0.2) is 0 Å². The summed E-state index contributed by atoms with van der Waals surface area (Å²) in [5, 5.41) is 22.9. The number of aliphatic hydroxyl groups is 2. The van der Waals surface area contributed by atoms with Crippen molar-refractivity contribution in [1.29, 1.82) is 0 Å². The normalized spacial score (nSPS) is 15.9. The van der Waals surface area contributed by atoms with Crippen molar-refractivity contribution < 1.29 is 19.7 Å². The summed E-state index contributed by atoms with van der Waals surface area (Å²) < 4.78 is 5.00. The van der Waals surface area contributed by atoms with E-state index in [1.807, 2.05) is 6.92 Å². The van der Waals surface area contributed by atoms with Crippen molar-refractivity contribution in [1.82, 2.24) is 5.32 Å². The second kappa shape index (κ2) is 5.52. The van der Waals surface area contributed by atoms with Crippen LogP contribution < -0.4 is 5.32 Å². The number of aliphatic hydroxyl groups excluding tert-OH is 1. The third-order valence-corrected chi connectivity index (χ3v) is 3.46. The SMILES string of the molecule is Cc1c(C(O)CNCC(C)(C)O)ccc2c1COC2=O. The van der Waals surface area contributed by atoms with Crippen LogP contribution in [-0.2, 0) is 11.3 Å². The molecule has 20 heavy (non-hydrogen) atoms. The van der Waals surface area contributed by atoms with Crippen molar-refractivity contribution in [3.05, 3.63) is 34.4 Å². The summed E-state index contributed by atoms with van der Waals surface area (Å²) in [4.78, 5) is 11.5. The molecule has 5 heteroatoms. The second-order valence-electron chi connectivity index (χ2n) is 5.84. The highest BCUT2D eigenvalue weighted by atomic mass is 16.5. The van der Waals surface area contributed by atoms with E-state index < -0.39 is 11.7 Å². The summed E-state index contributed by atoms with van der Waals surface area (Å²) in [6.07, 6.45) is -0.682. The second-order valence-corrected chi connectivity index (χ2v) is 5.84. The van der Waals surface area contributed by atoms with Crippen LogP contribution >= 0.6 is 0 Å². The Balaban J connectivity index is 2.08. The molecule has 3 N–H and O–H groups in total. The zero-order valence-corrected chi connectivity index (χ0v) is 12.1. The van der Waals surface area contributed by atoms with E-state index in [-0.39, 0.29) is 12.6 Å². The number of benzene rings is 1. The molecule has 0 amide bonds. The molecule has 0 saturated heterocycles. The molecule has 1 aromatic rings. The Morgan fingerprint density at radius 2 is 2.15 bits per heavy atom. The molecular weight excluding hydrogens is 258 g/mol. The first-order valence-corrected chi connectivity index (χ1v) is 6.70. The van der Waals surface area contributed by atoms with Gasteiger partial charge in [0.1, 0.15) is 6.61 Å². The van der Waals surface area contributed by atoms with Gasteiger partial charge in [0.2, 0.25) is 0 Å². The van der Waals surface area contributed by atoms with Gasteiger partial charge in [0.05, 0.1) is 17.3 Å². The average molecular weight is 279 g/mol. The number of hydrogen-bond donors (Lipinski definition) is 3. The van der Waals surface area contributed by atoms with E-state index in [4.69, 9.17) is 4.74 Å². The average Bonchev–Trinajstić information content (AvgIpc) is 2.71. The molecule has 0 saturated carbocycles. The predicted molar refractivity (Wildman–Crippen MR) is 74.4 cm³/mol. The van der Waals surface area contributed by atoms with E-state index in [9.17, 15) is 15.0 Å². The highest BCUT2D eigenvalue weighted by molar-refractivity contribution is 5.93. The van der Waals surface area contributed by atoms with Crippen molar-refractivity contribution >= 4 is 5.97 Å².